The van der Waals surface area contributed by atoms with Gasteiger partial charge in [-0.1, -0.05) is 19.9 Å². The van der Waals surface area contributed by atoms with Crippen molar-refractivity contribution in [3.05, 3.63) is 39.8 Å². The predicted octanol–water partition coefficient (Wildman–Crippen LogP) is 4.05. The van der Waals surface area contributed by atoms with Crippen molar-refractivity contribution in [3.8, 4) is 0 Å². The summed E-state index contributed by atoms with van der Waals surface area (Å²) in [6.45, 7) is 8.04. The summed E-state index contributed by atoms with van der Waals surface area (Å²) >= 11 is 1.87. The van der Waals surface area contributed by atoms with Crippen molar-refractivity contribution >= 4 is 11.3 Å². The standard InChI is InChI=1S/C17H25N3S/c1-13(2)9-15-10-18-19-17(15)14-5-3-7-20(11-14)12-16-6-4-8-21-16/h4,6,8,10,13-14H,3,5,7,9,11-12H2,1-2H3,(H,18,19)/t14-/m1/s1. The van der Waals surface area contributed by atoms with E-state index in [1.807, 2.05) is 17.5 Å². The molecule has 1 fully saturated rings. The lowest BCUT2D eigenvalue weighted by atomic mass is 9.90. The lowest BCUT2D eigenvalue weighted by molar-refractivity contribution is 0.199. The second-order valence-electron chi connectivity index (χ2n) is 6.56. The SMILES string of the molecule is CC(C)Cc1cn[nH]c1[C@@H]1CCCN(Cc2cccs2)C1. The van der Waals surface area contributed by atoms with Crippen LogP contribution in [0.15, 0.2) is 23.7 Å². The van der Waals surface area contributed by atoms with Crippen molar-refractivity contribution in [3.63, 3.8) is 0 Å². The van der Waals surface area contributed by atoms with Crippen LogP contribution in [0.25, 0.3) is 0 Å². The van der Waals surface area contributed by atoms with Crippen LogP contribution in [-0.4, -0.2) is 28.2 Å². The number of thiophene rings is 1. The van der Waals surface area contributed by atoms with Crippen LogP contribution in [0.1, 0.15) is 48.7 Å². The van der Waals surface area contributed by atoms with Gasteiger partial charge in [-0.05, 0) is 48.7 Å². The average molecular weight is 303 g/mol. The molecule has 2 aromatic heterocycles. The first-order valence-corrected chi connectivity index (χ1v) is 8.87. The normalized spacial score (nSPS) is 20.2. The summed E-state index contributed by atoms with van der Waals surface area (Å²) in [6.07, 6.45) is 5.74. The summed E-state index contributed by atoms with van der Waals surface area (Å²) in [5.74, 6) is 1.31. The van der Waals surface area contributed by atoms with Gasteiger partial charge in [-0.3, -0.25) is 10.00 Å². The molecule has 3 heterocycles. The zero-order chi connectivity index (χ0) is 14.7. The van der Waals surface area contributed by atoms with Crippen molar-refractivity contribution in [2.24, 2.45) is 5.92 Å². The van der Waals surface area contributed by atoms with Gasteiger partial charge in [-0.2, -0.15) is 5.10 Å². The molecule has 1 aliphatic heterocycles. The van der Waals surface area contributed by atoms with Crippen LogP contribution in [0, 0.1) is 5.92 Å². The maximum atomic E-state index is 4.31. The highest BCUT2D eigenvalue weighted by atomic mass is 32.1. The van der Waals surface area contributed by atoms with E-state index in [2.05, 4.69) is 46.5 Å². The Morgan fingerprint density at radius 1 is 1.48 bits per heavy atom. The number of nitrogens with one attached hydrogen (secondary N) is 1. The third-order valence-electron chi connectivity index (χ3n) is 4.25. The summed E-state index contributed by atoms with van der Waals surface area (Å²) in [6, 6.07) is 4.39. The van der Waals surface area contributed by atoms with Crippen LogP contribution >= 0.6 is 11.3 Å². The number of rotatable bonds is 5. The first-order valence-electron chi connectivity index (χ1n) is 7.99. The molecule has 1 aliphatic rings. The van der Waals surface area contributed by atoms with E-state index in [1.54, 1.807) is 0 Å². The maximum absolute atomic E-state index is 4.31. The molecular weight excluding hydrogens is 278 g/mol. The van der Waals surface area contributed by atoms with E-state index in [1.165, 1.54) is 35.5 Å². The Morgan fingerprint density at radius 3 is 3.14 bits per heavy atom. The van der Waals surface area contributed by atoms with E-state index >= 15 is 0 Å². The summed E-state index contributed by atoms with van der Waals surface area (Å²) in [4.78, 5) is 4.07. The second-order valence-corrected chi connectivity index (χ2v) is 7.59. The van der Waals surface area contributed by atoms with Gasteiger partial charge in [0, 0.05) is 29.6 Å². The van der Waals surface area contributed by atoms with Gasteiger partial charge in [0.05, 0.1) is 6.20 Å². The van der Waals surface area contributed by atoms with Crippen molar-refractivity contribution in [1.29, 1.82) is 0 Å². The molecule has 0 unspecified atom stereocenters. The smallest absolute Gasteiger partial charge is 0.0522 e. The minimum atomic E-state index is 0.620. The molecule has 21 heavy (non-hydrogen) atoms. The fraction of sp³-hybridized carbons (Fsp3) is 0.588. The van der Waals surface area contributed by atoms with Crippen LogP contribution in [0.3, 0.4) is 0 Å². The second kappa shape index (κ2) is 6.75. The number of aromatic amines is 1. The number of hydrogen-bond acceptors (Lipinski definition) is 3. The van der Waals surface area contributed by atoms with Gasteiger partial charge in [0.25, 0.3) is 0 Å². The van der Waals surface area contributed by atoms with Crippen LogP contribution < -0.4 is 0 Å². The quantitative estimate of drug-likeness (QED) is 0.903. The minimum absolute atomic E-state index is 0.620. The third kappa shape index (κ3) is 3.74. The van der Waals surface area contributed by atoms with Gasteiger partial charge in [0.2, 0.25) is 0 Å². The largest absolute Gasteiger partial charge is 0.298 e. The Balaban J connectivity index is 1.67. The molecule has 114 valence electrons. The number of nitrogens with zero attached hydrogens (tertiary/aromatic N) is 2. The van der Waals surface area contributed by atoms with Gasteiger partial charge in [-0.25, -0.2) is 0 Å². The van der Waals surface area contributed by atoms with Crippen LogP contribution in [-0.2, 0) is 13.0 Å². The number of H-pyrrole nitrogens is 1. The highest BCUT2D eigenvalue weighted by Gasteiger charge is 2.24. The molecule has 0 amide bonds. The number of aromatic nitrogens is 2. The first kappa shape index (κ1) is 14.8. The maximum Gasteiger partial charge on any atom is 0.0522 e. The Labute approximate surface area is 131 Å². The molecule has 0 saturated carbocycles. The van der Waals surface area contributed by atoms with E-state index < -0.39 is 0 Å². The third-order valence-corrected chi connectivity index (χ3v) is 5.11. The molecule has 1 saturated heterocycles. The fourth-order valence-electron chi connectivity index (χ4n) is 3.33. The average Bonchev–Trinajstić information content (AvgIpc) is 3.10. The Bertz CT molecular complexity index is 544. The Hall–Kier alpha value is -1.13. The summed E-state index contributed by atoms with van der Waals surface area (Å²) in [5.41, 5.74) is 2.81. The molecule has 1 N–H and O–H groups in total. The van der Waals surface area contributed by atoms with Crippen molar-refractivity contribution in [1.82, 2.24) is 15.1 Å². The van der Waals surface area contributed by atoms with Crippen molar-refractivity contribution in [2.45, 2.75) is 45.6 Å². The highest BCUT2D eigenvalue weighted by Crippen LogP contribution is 2.30. The molecule has 3 rings (SSSR count). The van der Waals surface area contributed by atoms with Gasteiger partial charge < -0.3 is 0 Å². The molecule has 0 aliphatic carbocycles. The fourth-order valence-corrected chi connectivity index (χ4v) is 4.08. The molecule has 4 heteroatoms. The van der Waals surface area contributed by atoms with E-state index in [0.717, 1.165) is 19.5 Å². The van der Waals surface area contributed by atoms with Gasteiger partial charge in [-0.15, -0.1) is 11.3 Å². The lowest BCUT2D eigenvalue weighted by Crippen LogP contribution is -2.34. The number of hydrogen-bond donors (Lipinski definition) is 1. The highest BCUT2D eigenvalue weighted by molar-refractivity contribution is 7.09. The number of piperidine rings is 1. The molecule has 2 aromatic rings. The molecule has 0 spiro atoms. The summed E-state index contributed by atoms with van der Waals surface area (Å²) in [5, 5.41) is 9.77. The Kier molecular flexibility index (Phi) is 4.76. The Morgan fingerprint density at radius 2 is 2.38 bits per heavy atom. The van der Waals surface area contributed by atoms with E-state index in [9.17, 15) is 0 Å². The van der Waals surface area contributed by atoms with Gasteiger partial charge in [0.1, 0.15) is 0 Å². The molecule has 0 aromatic carbocycles. The van der Waals surface area contributed by atoms with Gasteiger partial charge in [0.15, 0.2) is 0 Å². The van der Waals surface area contributed by atoms with E-state index in [-0.39, 0.29) is 0 Å². The zero-order valence-electron chi connectivity index (χ0n) is 13.0. The topological polar surface area (TPSA) is 31.9 Å². The first-order chi connectivity index (χ1) is 10.2. The predicted molar refractivity (Wildman–Crippen MR) is 88.7 cm³/mol. The molecule has 0 radical (unpaired) electrons. The van der Waals surface area contributed by atoms with Crippen molar-refractivity contribution < 1.29 is 0 Å². The van der Waals surface area contributed by atoms with E-state index in [0.29, 0.717) is 11.8 Å². The lowest BCUT2D eigenvalue weighted by Gasteiger charge is -2.32. The zero-order valence-corrected chi connectivity index (χ0v) is 13.8. The van der Waals surface area contributed by atoms with Crippen LogP contribution in [0.5, 0.6) is 0 Å². The van der Waals surface area contributed by atoms with E-state index in [4.69, 9.17) is 0 Å². The van der Waals surface area contributed by atoms with Crippen LogP contribution in [0.2, 0.25) is 0 Å². The number of likely N-dealkylation sites (tertiary alicyclic amines) is 1. The van der Waals surface area contributed by atoms with Crippen LogP contribution in [0.4, 0.5) is 0 Å². The molecule has 3 nitrogen and oxygen atoms in total. The van der Waals surface area contributed by atoms with Crippen molar-refractivity contribution in [2.75, 3.05) is 13.1 Å². The molecule has 0 bridgehead atoms. The molecule has 1 atom stereocenters. The summed E-state index contributed by atoms with van der Waals surface area (Å²) < 4.78 is 0. The summed E-state index contributed by atoms with van der Waals surface area (Å²) in [7, 11) is 0. The minimum Gasteiger partial charge on any atom is -0.298 e. The van der Waals surface area contributed by atoms with Gasteiger partial charge >= 0.3 is 0 Å². The molecular formula is C17H25N3S. The monoisotopic (exact) mass is 303 g/mol.